The van der Waals surface area contributed by atoms with Crippen LogP contribution in [0.4, 0.5) is 5.82 Å². The van der Waals surface area contributed by atoms with Crippen molar-refractivity contribution in [1.82, 2.24) is 10.2 Å². The lowest BCUT2D eigenvalue weighted by Crippen LogP contribution is -2.39. The molecule has 1 aliphatic heterocycles. The number of carbonyl (C=O) groups is 1. The standard InChI is InChI=1S/C19H22ClN3O2/c1-13(2)25-16-7-3-5-14(11-16)19(24)15-6-4-10-23(12-15)18-9-8-17(20)21-22-18/h3,5,7-9,11,13,15H,4,6,10,12H2,1-2H3. The lowest BCUT2D eigenvalue weighted by molar-refractivity contribution is 0.0906. The summed E-state index contributed by atoms with van der Waals surface area (Å²) in [6.07, 6.45) is 1.91. The molecular weight excluding hydrogens is 338 g/mol. The van der Waals surface area contributed by atoms with Gasteiger partial charge in [0.2, 0.25) is 0 Å². The van der Waals surface area contributed by atoms with Crippen molar-refractivity contribution >= 4 is 23.2 Å². The van der Waals surface area contributed by atoms with Gasteiger partial charge in [0.25, 0.3) is 0 Å². The van der Waals surface area contributed by atoms with Gasteiger partial charge in [-0.25, -0.2) is 0 Å². The number of ketones is 1. The van der Waals surface area contributed by atoms with Crippen LogP contribution >= 0.6 is 11.6 Å². The number of nitrogens with zero attached hydrogens (tertiary/aromatic N) is 3. The summed E-state index contributed by atoms with van der Waals surface area (Å²) in [6.45, 7) is 5.46. The largest absolute Gasteiger partial charge is 0.491 e. The molecule has 0 saturated carbocycles. The second-order valence-corrected chi connectivity index (χ2v) is 6.95. The summed E-state index contributed by atoms with van der Waals surface area (Å²) in [5.41, 5.74) is 0.701. The van der Waals surface area contributed by atoms with Crippen LogP contribution in [0.1, 0.15) is 37.0 Å². The predicted octanol–water partition coefficient (Wildman–Crippen LogP) is 4.02. The van der Waals surface area contributed by atoms with E-state index in [2.05, 4.69) is 15.1 Å². The first-order valence-electron chi connectivity index (χ1n) is 8.58. The lowest BCUT2D eigenvalue weighted by atomic mass is 9.90. The third kappa shape index (κ3) is 4.48. The van der Waals surface area contributed by atoms with E-state index in [0.717, 1.165) is 31.0 Å². The van der Waals surface area contributed by atoms with Crippen LogP contribution in [0.5, 0.6) is 5.75 Å². The van der Waals surface area contributed by atoms with Gasteiger partial charge in [0.05, 0.1) is 6.10 Å². The summed E-state index contributed by atoms with van der Waals surface area (Å²) >= 11 is 5.80. The summed E-state index contributed by atoms with van der Waals surface area (Å²) < 4.78 is 5.70. The van der Waals surface area contributed by atoms with Gasteiger partial charge >= 0.3 is 0 Å². The monoisotopic (exact) mass is 359 g/mol. The zero-order valence-electron chi connectivity index (χ0n) is 14.5. The fraction of sp³-hybridized carbons (Fsp3) is 0.421. The fourth-order valence-corrected chi connectivity index (χ4v) is 3.21. The maximum Gasteiger partial charge on any atom is 0.167 e. The van der Waals surface area contributed by atoms with Gasteiger partial charge in [-0.05, 0) is 51.0 Å². The Morgan fingerprint density at radius 3 is 2.84 bits per heavy atom. The highest BCUT2D eigenvalue weighted by Crippen LogP contribution is 2.26. The van der Waals surface area contributed by atoms with E-state index < -0.39 is 0 Å². The number of Topliss-reactive ketones (excluding diaryl/α,β-unsaturated/α-hetero) is 1. The summed E-state index contributed by atoms with van der Waals surface area (Å²) in [4.78, 5) is 15.0. The molecule has 0 N–H and O–H groups in total. The Balaban J connectivity index is 1.72. The second-order valence-electron chi connectivity index (χ2n) is 6.56. The fourth-order valence-electron chi connectivity index (χ4n) is 3.11. The third-order valence-corrected chi connectivity index (χ3v) is 4.43. The quantitative estimate of drug-likeness (QED) is 0.755. The molecule has 1 unspecified atom stereocenters. The number of carbonyl (C=O) groups excluding carboxylic acids is 1. The topological polar surface area (TPSA) is 55.3 Å². The van der Waals surface area contributed by atoms with E-state index in [-0.39, 0.29) is 17.8 Å². The zero-order chi connectivity index (χ0) is 17.8. The van der Waals surface area contributed by atoms with Crippen LogP contribution in [0.2, 0.25) is 5.15 Å². The molecule has 0 bridgehead atoms. The van der Waals surface area contributed by atoms with E-state index in [1.807, 2.05) is 44.2 Å². The van der Waals surface area contributed by atoms with Crippen LogP contribution in [-0.2, 0) is 0 Å². The number of aromatic nitrogens is 2. The number of rotatable bonds is 5. The molecule has 1 saturated heterocycles. The van der Waals surface area contributed by atoms with Crippen molar-refractivity contribution < 1.29 is 9.53 Å². The van der Waals surface area contributed by atoms with E-state index in [0.29, 0.717) is 17.3 Å². The summed E-state index contributed by atoms with van der Waals surface area (Å²) in [6, 6.07) is 11.0. The highest BCUT2D eigenvalue weighted by Gasteiger charge is 2.27. The smallest absolute Gasteiger partial charge is 0.167 e. The second kappa shape index (κ2) is 7.83. The van der Waals surface area contributed by atoms with Crippen LogP contribution in [0, 0.1) is 5.92 Å². The average Bonchev–Trinajstić information content (AvgIpc) is 2.61. The summed E-state index contributed by atoms with van der Waals surface area (Å²) in [5.74, 6) is 1.59. The molecule has 5 nitrogen and oxygen atoms in total. The number of halogens is 1. The molecule has 132 valence electrons. The van der Waals surface area contributed by atoms with Crippen molar-refractivity contribution in [3.8, 4) is 5.75 Å². The molecule has 1 atom stereocenters. The van der Waals surface area contributed by atoms with Crippen LogP contribution < -0.4 is 9.64 Å². The van der Waals surface area contributed by atoms with E-state index >= 15 is 0 Å². The maximum atomic E-state index is 12.9. The molecule has 6 heteroatoms. The molecular formula is C19H22ClN3O2. The van der Waals surface area contributed by atoms with Gasteiger partial charge in [-0.15, -0.1) is 10.2 Å². The number of anilines is 1. The number of piperidine rings is 1. The normalized spacial score (nSPS) is 17.6. The molecule has 25 heavy (non-hydrogen) atoms. The van der Waals surface area contributed by atoms with Gasteiger partial charge in [0.1, 0.15) is 5.75 Å². The molecule has 0 radical (unpaired) electrons. The van der Waals surface area contributed by atoms with Crippen molar-refractivity contribution in [3.63, 3.8) is 0 Å². The number of ether oxygens (including phenoxy) is 1. The molecule has 1 aromatic carbocycles. The van der Waals surface area contributed by atoms with Gasteiger partial charge in [0.15, 0.2) is 16.8 Å². The molecule has 0 aliphatic carbocycles. The minimum Gasteiger partial charge on any atom is -0.491 e. The van der Waals surface area contributed by atoms with Crippen LogP contribution in [0.3, 0.4) is 0 Å². The van der Waals surface area contributed by atoms with E-state index in [1.54, 1.807) is 6.07 Å². The van der Waals surface area contributed by atoms with Gasteiger partial charge < -0.3 is 9.64 Å². The Labute approximate surface area is 153 Å². The summed E-state index contributed by atoms with van der Waals surface area (Å²) in [5, 5.41) is 8.39. The first kappa shape index (κ1) is 17.7. The third-order valence-electron chi connectivity index (χ3n) is 4.22. The number of benzene rings is 1. The average molecular weight is 360 g/mol. The lowest BCUT2D eigenvalue weighted by Gasteiger charge is -2.32. The van der Waals surface area contributed by atoms with Crippen LogP contribution in [0.15, 0.2) is 36.4 Å². The SMILES string of the molecule is CC(C)Oc1cccc(C(=O)C2CCCN(c3ccc(Cl)nn3)C2)c1. The molecule has 2 heterocycles. The van der Waals surface area contributed by atoms with Crippen molar-refractivity contribution in [1.29, 1.82) is 0 Å². The van der Waals surface area contributed by atoms with Gasteiger partial charge in [-0.3, -0.25) is 4.79 Å². The Morgan fingerprint density at radius 2 is 2.12 bits per heavy atom. The maximum absolute atomic E-state index is 12.9. The van der Waals surface area contributed by atoms with E-state index in [1.165, 1.54) is 0 Å². The molecule has 1 aliphatic rings. The van der Waals surface area contributed by atoms with E-state index in [9.17, 15) is 4.79 Å². The van der Waals surface area contributed by atoms with Gasteiger partial charge in [0, 0.05) is 24.6 Å². The zero-order valence-corrected chi connectivity index (χ0v) is 15.2. The molecule has 3 rings (SSSR count). The molecule has 0 amide bonds. The van der Waals surface area contributed by atoms with Gasteiger partial charge in [-0.1, -0.05) is 23.7 Å². The minimum atomic E-state index is -0.0551. The van der Waals surface area contributed by atoms with Crippen molar-refractivity contribution in [2.75, 3.05) is 18.0 Å². The van der Waals surface area contributed by atoms with Crippen molar-refractivity contribution in [3.05, 3.63) is 47.1 Å². The number of hydrogen-bond acceptors (Lipinski definition) is 5. The highest BCUT2D eigenvalue weighted by molar-refractivity contribution is 6.29. The first-order valence-corrected chi connectivity index (χ1v) is 8.96. The molecule has 0 spiro atoms. The molecule has 2 aromatic rings. The number of hydrogen-bond donors (Lipinski definition) is 0. The van der Waals surface area contributed by atoms with Crippen molar-refractivity contribution in [2.24, 2.45) is 5.92 Å². The predicted molar refractivity (Wildman–Crippen MR) is 98.5 cm³/mol. The Kier molecular flexibility index (Phi) is 5.53. The van der Waals surface area contributed by atoms with Crippen LogP contribution in [0.25, 0.3) is 0 Å². The molecule has 1 fully saturated rings. The summed E-state index contributed by atoms with van der Waals surface area (Å²) in [7, 11) is 0. The Bertz CT molecular complexity index is 734. The van der Waals surface area contributed by atoms with Crippen molar-refractivity contribution in [2.45, 2.75) is 32.8 Å². The minimum absolute atomic E-state index is 0.0551. The van der Waals surface area contributed by atoms with E-state index in [4.69, 9.17) is 16.3 Å². The Hall–Kier alpha value is -2.14. The first-order chi connectivity index (χ1) is 12.0. The van der Waals surface area contributed by atoms with Gasteiger partial charge in [-0.2, -0.15) is 0 Å². The van der Waals surface area contributed by atoms with Crippen LogP contribution in [-0.4, -0.2) is 35.2 Å². The highest BCUT2D eigenvalue weighted by atomic mass is 35.5. The molecule has 1 aromatic heterocycles. The Morgan fingerprint density at radius 1 is 1.28 bits per heavy atom.